The van der Waals surface area contributed by atoms with Gasteiger partial charge in [-0.15, -0.1) is 0 Å². The zero-order valence-corrected chi connectivity index (χ0v) is 20.0. The number of piperidine rings is 1. The van der Waals surface area contributed by atoms with Crippen LogP contribution in [0.1, 0.15) is 46.6 Å². The number of hydrogen-bond acceptors (Lipinski definition) is 5. The van der Waals surface area contributed by atoms with Crippen LogP contribution in [0.25, 0.3) is 11.1 Å². The summed E-state index contributed by atoms with van der Waals surface area (Å²) in [6, 6.07) is 16.3. The molecule has 1 aliphatic heterocycles. The molecule has 1 atom stereocenters. The first-order valence-corrected chi connectivity index (χ1v) is 11.9. The summed E-state index contributed by atoms with van der Waals surface area (Å²) in [6.45, 7) is 5.69. The predicted octanol–water partition coefficient (Wildman–Crippen LogP) is 4.25. The third-order valence-electron chi connectivity index (χ3n) is 7.56. The lowest BCUT2D eigenvalue weighted by molar-refractivity contribution is -0.133. The van der Waals surface area contributed by atoms with E-state index in [1.165, 1.54) is 5.56 Å². The van der Waals surface area contributed by atoms with Gasteiger partial charge in [0, 0.05) is 31.6 Å². The molecule has 7 heteroatoms. The minimum absolute atomic E-state index is 0.0312. The quantitative estimate of drug-likeness (QED) is 0.571. The number of likely N-dealkylation sites (tertiary alicyclic amines) is 1. The molecule has 0 N–H and O–H groups in total. The van der Waals surface area contributed by atoms with Gasteiger partial charge in [-0.25, -0.2) is 4.63 Å². The van der Waals surface area contributed by atoms with Crippen molar-refractivity contribution >= 4 is 11.8 Å². The monoisotopic (exact) mass is 458 g/mol. The molecule has 1 spiro atoms. The van der Waals surface area contributed by atoms with Gasteiger partial charge in [-0.2, -0.15) is 0 Å². The number of carbonyl (C=O) groups excluding carboxylic acids is 2. The van der Waals surface area contributed by atoms with Crippen LogP contribution in [0.5, 0.6) is 0 Å². The maximum atomic E-state index is 13.1. The van der Waals surface area contributed by atoms with Gasteiger partial charge in [0.1, 0.15) is 11.4 Å². The number of rotatable bonds is 5. The molecule has 7 nitrogen and oxygen atoms in total. The average molecular weight is 459 g/mol. The van der Waals surface area contributed by atoms with Crippen molar-refractivity contribution < 1.29 is 14.2 Å². The predicted molar refractivity (Wildman–Crippen MR) is 128 cm³/mol. The summed E-state index contributed by atoms with van der Waals surface area (Å²) in [5, 5.41) is 7.67. The van der Waals surface area contributed by atoms with Crippen LogP contribution in [0.4, 0.5) is 0 Å². The fraction of sp³-hybridized carbons (Fsp3) is 0.407. The summed E-state index contributed by atoms with van der Waals surface area (Å²) < 4.78 is 4.74. The molecule has 2 aromatic carbocycles. The fourth-order valence-corrected chi connectivity index (χ4v) is 5.10. The summed E-state index contributed by atoms with van der Waals surface area (Å²) in [5.41, 5.74) is 5.64. The van der Waals surface area contributed by atoms with Gasteiger partial charge >= 0.3 is 0 Å². The number of benzene rings is 2. The van der Waals surface area contributed by atoms with E-state index >= 15 is 0 Å². The lowest BCUT2D eigenvalue weighted by Crippen LogP contribution is -2.40. The Morgan fingerprint density at radius 1 is 1.00 bits per heavy atom. The molecule has 1 aromatic heterocycles. The Bertz CT molecular complexity index is 1190. The van der Waals surface area contributed by atoms with Gasteiger partial charge < -0.3 is 9.80 Å². The second-order valence-corrected chi connectivity index (χ2v) is 9.85. The van der Waals surface area contributed by atoms with Crippen molar-refractivity contribution in [2.75, 3.05) is 20.1 Å². The van der Waals surface area contributed by atoms with Crippen molar-refractivity contribution in [1.82, 2.24) is 20.1 Å². The molecule has 1 saturated heterocycles. The van der Waals surface area contributed by atoms with Crippen LogP contribution in [0.2, 0.25) is 0 Å². The Labute approximate surface area is 199 Å². The number of amides is 2. The maximum Gasteiger partial charge on any atom is 0.253 e. The fourth-order valence-electron chi connectivity index (χ4n) is 5.10. The van der Waals surface area contributed by atoms with Gasteiger partial charge in [-0.05, 0) is 61.8 Å². The topological polar surface area (TPSA) is 79.5 Å². The third kappa shape index (κ3) is 4.22. The van der Waals surface area contributed by atoms with E-state index in [-0.39, 0.29) is 23.1 Å². The lowest BCUT2D eigenvalue weighted by Gasteiger charge is -2.33. The summed E-state index contributed by atoms with van der Waals surface area (Å²) in [5.74, 6) is 0.248. The normalized spacial score (nSPS) is 18.7. The molecule has 1 aliphatic carbocycles. The van der Waals surface area contributed by atoms with E-state index in [9.17, 15) is 9.59 Å². The molecule has 0 bridgehead atoms. The minimum atomic E-state index is 0.0312. The highest BCUT2D eigenvalue weighted by Gasteiger charge is 2.59. The van der Waals surface area contributed by atoms with E-state index < -0.39 is 0 Å². The molecule has 2 heterocycles. The Hall–Kier alpha value is -3.48. The standard InChI is InChI=1S/C27H30N4O3/c1-18-4-6-20(7-5-18)21-8-10-22(11-9-21)25(32)31-14-12-27(13-15-31)16-23(27)26(33)30(3)17-24-19(2)28-34-29-24/h4-11,23H,12-17H2,1-3H3/t23-/m1/s1. The van der Waals surface area contributed by atoms with Crippen molar-refractivity contribution in [2.24, 2.45) is 11.3 Å². The first-order chi connectivity index (χ1) is 16.4. The number of hydrogen-bond donors (Lipinski definition) is 0. The second kappa shape index (κ2) is 8.70. The Kier molecular flexibility index (Phi) is 5.71. The van der Waals surface area contributed by atoms with Crippen LogP contribution < -0.4 is 0 Å². The lowest BCUT2D eigenvalue weighted by atomic mass is 9.90. The molecule has 3 aromatic rings. The van der Waals surface area contributed by atoms with Gasteiger partial charge in [0.25, 0.3) is 5.91 Å². The Morgan fingerprint density at radius 2 is 1.62 bits per heavy atom. The third-order valence-corrected chi connectivity index (χ3v) is 7.56. The average Bonchev–Trinajstić information content (AvgIpc) is 3.40. The van der Waals surface area contributed by atoms with Crippen molar-refractivity contribution in [2.45, 2.75) is 39.7 Å². The molecular formula is C27H30N4O3. The first kappa shape index (κ1) is 22.3. The zero-order chi connectivity index (χ0) is 23.9. The largest absolute Gasteiger partial charge is 0.339 e. The van der Waals surface area contributed by atoms with Gasteiger partial charge in [-0.1, -0.05) is 52.3 Å². The highest BCUT2D eigenvalue weighted by molar-refractivity contribution is 5.95. The van der Waals surface area contributed by atoms with E-state index in [0.717, 1.165) is 30.4 Å². The van der Waals surface area contributed by atoms with Crippen LogP contribution >= 0.6 is 0 Å². The number of carbonyl (C=O) groups is 2. The molecule has 0 unspecified atom stereocenters. The number of aromatic nitrogens is 2. The molecule has 1 saturated carbocycles. The Balaban J connectivity index is 1.16. The maximum absolute atomic E-state index is 13.1. The molecule has 2 fully saturated rings. The summed E-state index contributed by atoms with van der Waals surface area (Å²) in [6.07, 6.45) is 2.64. The van der Waals surface area contributed by atoms with Crippen molar-refractivity contribution in [3.8, 4) is 11.1 Å². The SMILES string of the molecule is Cc1ccc(-c2ccc(C(=O)N3CCC4(CC3)C[C@@H]4C(=O)N(C)Cc3nonc3C)cc2)cc1. The highest BCUT2D eigenvalue weighted by atomic mass is 16.6. The van der Waals surface area contributed by atoms with Crippen molar-refractivity contribution in [3.63, 3.8) is 0 Å². The minimum Gasteiger partial charge on any atom is -0.339 e. The van der Waals surface area contributed by atoms with Crippen LogP contribution in [-0.2, 0) is 11.3 Å². The van der Waals surface area contributed by atoms with Gasteiger partial charge in [0.05, 0.1) is 6.54 Å². The van der Waals surface area contributed by atoms with Gasteiger partial charge in [0.15, 0.2) is 0 Å². The van der Waals surface area contributed by atoms with Crippen LogP contribution in [0.15, 0.2) is 53.2 Å². The first-order valence-electron chi connectivity index (χ1n) is 11.9. The molecule has 2 amide bonds. The van der Waals surface area contributed by atoms with E-state index in [2.05, 4.69) is 41.5 Å². The van der Waals surface area contributed by atoms with Gasteiger partial charge in [0.2, 0.25) is 5.91 Å². The number of nitrogens with zero attached hydrogens (tertiary/aromatic N) is 4. The van der Waals surface area contributed by atoms with E-state index in [4.69, 9.17) is 4.63 Å². The summed E-state index contributed by atoms with van der Waals surface area (Å²) in [7, 11) is 1.81. The molecule has 2 aliphatic rings. The van der Waals surface area contributed by atoms with Crippen LogP contribution in [-0.4, -0.2) is 52.1 Å². The summed E-state index contributed by atoms with van der Waals surface area (Å²) >= 11 is 0. The van der Waals surface area contributed by atoms with E-state index in [0.29, 0.717) is 36.6 Å². The smallest absolute Gasteiger partial charge is 0.253 e. The van der Waals surface area contributed by atoms with Crippen LogP contribution in [0.3, 0.4) is 0 Å². The molecular weight excluding hydrogens is 428 g/mol. The van der Waals surface area contributed by atoms with Crippen LogP contribution in [0, 0.1) is 25.2 Å². The highest BCUT2D eigenvalue weighted by Crippen LogP contribution is 2.60. The van der Waals surface area contributed by atoms with Crippen molar-refractivity contribution in [1.29, 1.82) is 0 Å². The summed E-state index contributed by atoms with van der Waals surface area (Å²) in [4.78, 5) is 29.7. The second-order valence-electron chi connectivity index (χ2n) is 9.85. The van der Waals surface area contributed by atoms with E-state index in [1.807, 2.05) is 36.1 Å². The molecule has 34 heavy (non-hydrogen) atoms. The zero-order valence-electron chi connectivity index (χ0n) is 20.0. The van der Waals surface area contributed by atoms with Crippen molar-refractivity contribution in [3.05, 3.63) is 71.0 Å². The molecule has 0 radical (unpaired) electrons. The number of aryl methyl sites for hydroxylation is 2. The molecule has 176 valence electrons. The molecule has 5 rings (SSSR count). The van der Waals surface area contributed by atoms with E-state index in [1.54, 1.807) is 11.9 Å². The Morgan fingerprint density at radius 3 is 2.21 bits per heavy atom. The van der Waals surface area contributed by atoms with Gasteiger partial charge in [-0.3, -0.25) is 9.59 Å².